The highest BCUT2D eigenvalue weighted by molar-refractivity contribution is 5.98. The quantitative estimate of drug-likeness (QED) is 0.503. The SMILES string of the molecule is O=C1N[C@@H]2C[C@@H](C(=O)NCCC[C@H](NC3CCCC3)C(=O)N3CCC(CC3)N3CCC[C@H]13)N(C(=O)c1ccccc1)C2. The Morgan fingerprint density at radius 3 is 2.33 bits per heavy atom. The molecule has 42 heavy (non-hydrogen) atoms. The van der Waals surface area contributed by atoms with E-state index in [0.717, 1.165) is 58.2 Å². The molecule has 6 fully saturated rings. The number of benzene rings is 1. The highest BCUT2D eigenvalue weighted by Gasteiger charge is 2.43. The second-order valence-corrected chi connectivity index (χ2v) is 12.9. The Kier molecular flexibility index (Phi) is 9.09. The highest BCUT2D eigenvalue weighted by atomic mass is 16.2. The average molecular weight is 579 g/mol. The van der Waals surface area contributed by atoms with E-state index >= 15 is 0 Å². The molecular formula is C32H46N6O4. The molecule has 4 bridgehead atoms. The van der Waals surface area contributed by atoms with Crippen molar-refractivity contribution in [1.82, 2.24) is 30.7 Å². The van der Waals surface area contributed by atoms with Crippen LogP contribution >= 0.6 is 0 Å². The number of hydrogen-bond donors (Lipinski definition) is 3. The minimum absolute atomic E-state index is 0.00822. The van der Waals surface area contributed by atoms with Crippen LogP contribution < -0.4 is 16.0 Å². The Bertz CT molecular complexity index is 1130. The van der Waals surface area contributed by atoms with E-state index in [1.807, 2.05) is 23.1 Å². The molecular weight excluding hydrogens is 532 g/mol. The fourth-order valence-electron chi connectivity index (χ4n) is 7.89. The molecule has 10 nitrogen and oxygen atoms in total. The Morgan fingerprint density at radius 1 is 0.810 bits per heavy atom. The molecule has 0 unspecified atom stereocenters. The molecule has 5 aliphatic heterocycles. The van der Waals surface area contributed by atoms with Gasteiger partial charge in [0.15, 0.2) is 0 Å². The first-order valence-electron chi connectivity index (χ1n) is 16.2. The second-order valence-electron chi connectivity index (χ2n) is 12.9. The van der Waals surface area contributed by atoms with E-state index in [-0.39, 0.29) is 47.8 Å². The predicted molar refractivity (Wildman–Crippen MR) is 159 cm³/mol. The van der Waals surface area contributed by atoms with Crippen LogP contribution in [0.25, 0.3) is 0 Å². The summed E-state index contributed by atoms with van der Waals surface area (Å²) in [5, 5.41) is 9.94. The van der Waals surface area contributed by atoms with Crippen molar-refractivity contribution in [3.8, 4) is 0 Å². The highest BCUT2D eigenvalue weighted by Crippen LogP contribution is 2.28. The van der Waals surface area contributed by atoms with Gasteiger partial charge in [-0.25, -0.2) is 0 Å². The van der Waals surface area contributed by atoms with E-state index in [4.69, 9.17) is 0 Å². The molecule has 5 saturated heterocycles. The van der Waals surface area contributed by atoms with Gasteiger partial charge in [0.25, 0.3) is 5.91 Å². The largest absolute Gasteiger partial charge is 0.354 e. The first-order chi connectivity index (χ1) is 20.5. The van der Waals surface area contributed by atoms with Gasteiger partial charge in [-0.05, 0) is 76.5 Å². The molecule has 1 aromatic carbocycles. The summed E-state index contributed by atoms with van der Waals surface area (Å²) in [6, 6.07) is 8.30. The van der Waals surface area contributed by atoms with Crippen molar-refractivity contribution < 1.29 is 19.2 Å². The average Bonchev–Trinajstić information content (AvgIpc) is 3.79. The molecule has 1 aliphatic carbocycles. The third-order valence-electron chi connectivity index (χ3n) is 10.1. The zero-order valence-electron chi connectivity index (χ0n) is 24.6. The van der Waals surface area contributed by atoms with Crippen LogP contribution in [-0.4, -0.2) is 107 Å². The lowest BCUT2D eigenvalue weighted by molar-refractivity contribution is -0.136. The van der Waals surface area contributed by atoms with Crippen molar-refractivity contribution >= 4 is 23.6 Å². The van der Waals surface area contributed by atoms with Crippen LogP contribution in [0.5, 0.6) is 0 Å². The number of piperidine rings is 1. The number of fused-ring (bicyclic) bond motifs is 9. The summed E-state index contributed by atoms with van der Waals surface area (Å²) in [5.74, 6) is -0.236. The minimum atomic E-state index is -0.655. The third kappa shape index (κ3) is 6.34. The van der Waals surface area contributed by atoms with Gasteiger partial charge >= 0.3 is 0 Å². The lowest BCUT2D eigenvalue weighted by atomic mass is 9.99. The van der Waals surface area contributed by atoms with Gasteiger partial charge in [-0.1, -0.05) is 31.0 Å². The summed E-state index contributed by atoms with van der Waals surface area (Å²) in [6.45, 7) is 3.07. The molecule has 0 radical (unpaired) electrons. The normalized spacial score (nSPS) is 31.9. The van der Waals surface area contributed by atoms with Crippen molar-refractivity contribution in [3.63, 3.8) is 0 Å². The van der Waals surface area contributed by atoms with Crippen LogP contribution in [0.1, 0.15) is 81.0 Å². The first-order valence-corrected chi connectivity index (χ1v) is 16.2. The Hall–Kier alpha value is -2.98. The van der Waals surface area contributed by atoms with Crippen molar-refractivity contribution in [1.29, 1.82) is 0 Å². The van der Waals surface area contributed by atoms with Crippen molar-refractivity contribution in [2.24, 2.45) is 0 Å². The van der Waals surface area contributed by atoms with E-state index in [1.165, 1.54) is 12.8 Å². The number of carbonyl (C=O) groups is 4. The van der Waals surface area contributed by atoms with Crippen LogP contribution in [0.2, 0.25) is 0 Å². The standard InChI is InChI=1S/C32H46N6O4/c39-29-28-20-24(21-38(28)31(41)22-8-2-1-3-9-22)35-30(40)27-13-7-17-37(27)25-14-18-36(19-15-25)32(42)26(12-6-16-33-29)34-23-10-4-5-11-23/h1-3,8-9,23-28,34H,4-7,10-21H2,(H,33,39)(H,35,40)/t24-,26+,27-,28+/m1/s1. The lowest BCUT2D eigenvalue weighted by Gasteiger charge is -2.40. The van der Waals surface area contributed by atoms with Crippen LogP contribution in [-0.2, 0) is 14.4 Å². The van der Waals surface area contributed by atoms with Crippen LogP contribution in [0.15, 0.2) is 30.3 Å². The summed E-state index contributed by atoms with van der Waals surface area (Å²) in [6.07, 6.45) is 9.89. The monoisotopic (exact) mass is 578 g/mol. The van der Waals surface area contributed by atoms with Crippen LogP contribution in [0, 0.1) is 0 Å². The Labute approximate surface area is 248 Å². The smallest absolute Gasteiger partial charge is 0.254 e. The molecule has 1 saturated carbocycles. The maximum atomic E-state index is 13.7. The van der Waals surface area contributed by atoms with Crippen molar-refractivity contribution in [2.75, 3.05) is 32.7 Å². The molecule has 0 aromatic heterocycles. The van der Waals surface area contributed by atoms with E-state index in [9.17, 15) is 19.2 Å². The van der Waals surface area contributed by atoms with Gasteiger partial charge in [0, 0.05) is 49.9 Å². The molecule has 10 heteroatoms. The van der Waals surface area contributed by atoms with E-state index in [0.29, 0.717) is 44.0 Å². The summed E-state index contributed by atoms with van der Waals surface area (Å²) >= 11 is 0. The summed E-state index contributed by atoms with van der Waals surface area (Å²) < 4.78 is 0. The second kappa shape index (κ2) is 13.1. The van der Waals surface area contributed by atoms with Gasteiger partial charge in [-0.3, -0.25) is 24.1 Å². The topological polar surface area (TPSA) is 114 Å². The number of nitrogens with zero attached hydrogens (tertiary/aromatic N) is 3. The number of carbonyl (C=O) groups excluding carboxylic acids is 4. The molecule has 4 atom stereocenters. The molecule has 0 spiro atoms. The molecule has 5 heterocycles. The maximum absolute atomic E-state index is 13.7. The molecule has 6 aliphatic rings. The third-order valence-corrected chi connectivity index (χ3v) is 10.1. The lowest BCUT2D eigenvalue weighted by Crippen LogP contribution is -2.56. The Balaban J connectivity index is 1.22. The van der Waals surface area contributed by atoms with Gasteiger partial charge in [0.2, 0.25) is 17.7 Å². The minimum Gasteiger partial charge on any atom is -0.354 e. The molecule has 3 N–H and O–H groups in total. The van der Waals surface area contributed by atoms with Gasteiger partial charge < -0.3 is 25.8 Å². The fraction of sp³-hybridized carbons (Fsp3) is 0.688. The van der Waals surface area contributed by atoms with Gasteiger partial charge in [-0.2, -0.15) is 0 Å². The van der Waals surface area contributed by atoms with E-state index in [2.05, 4.69) is 20.9 Å². The molecule has 1 aromatic rings. The van der Waals surface area contributed by atoms with Gasteiger partial charge in [-0.15, -0.1) is 0 Å². The number of amides is 4. The fourth-order valence-corrected chi connectivity index (χ4v) is 7.89. The van der Waals surface area contributed by atoms with Crippen molar-refractivity contribution in [2.45, 2.75) is 107 Å². The van der Waals surface area contributed by atoms with Gasteiger partial charge in [0.05, 0.1) is 12.1 Å². The van der Waals surface area contributed by atoms with Gasteiger partial charge in [0.1, 0.15) is 6.04 Å². The number of nitrogens with one attached hydrogen (secondary N) is 3. The number of rotatable bonds is 3. The molecule has 228 valence electrons. The Morgan fingerprint density at radius 2 is 1.57 bits per heavy atom. The molecule has 7 rings (SSSR count). The predicted octanol–water partition coefficient (Wildman–Crippen LogP) is 1.65. The number of likely N-dealkylation sites (tertiary alicyclic amines) is 1. The number of hydrogen-bond acceptors (Lipinski definition) is 6. The van der Waals surface area contributed by atoms with E-state index in [1.54, 1.807) is 17.0 Å². The zero-order chi connectivity index (χ0) is 29.1. The molecule has 4 amide bonds. The van der Waals surface area contributed by atoms with Crippen molar-refractivity contribution in [3.05, 3.63) is 35.9 Å². The summed E-state index contributed by atoms with van der Waals surface area (Å²) in [4.78, 5) is 60.3. The van der Waals surface area contributed by atoms with Crippen LogP contribution in [0.3, 0.4) is 0 Å². The van der Waals surface area contributed by atoms with Crippen LogP contribution in [0.4, 0.5) is 0 Å². The van der Waals surface area contributed by atoms with E-state index < -0.39 is 6.04 Å². The summed E-state index contributed by atoms with van der Waals surface area (Å²) in [5.41, 5.74) is 0.535. The zero-order valence-corrected chi connectivity index (χ0v) is 24.6. The maximum Gasteiger partial charge on any atom is 0.254 e. The first kappa shape index (κ1) is 29.1. The summed E-state index contributed by atoms with van der Waals surface area (Å²) in [7, 11) is 0.